The predicted molar refractivity (Wildman–Crippen MR) is 119 cm³/mol. The van der Waals surface area contributed by atoms with Gasteiger partial charge in [-0.3, -0.25) is 4.79 Å². The standard InChI is InChI=1S/C21H18Br2O6/c1-28-18-9-12(7-16(22)20(18)26)3-5-14(24)11-15(25)6-4-13-8-17(23)21(27)19(10-13)29-2/h3-11,24,26-27H,1-2H3/b5-3+,6-4+,14-11?. The number of aliphatic hydroxyl groups excluding tert-OH is 1. The first-order valence-corrected chi connectivity index (χ1v) is 9.77. The highest BCUT2D eigenvalue weighted by atomic mass is 79.9. The summed E-state index contributed by atoms with van der Waals surface area (Å²) in [5.74, 6) is -0.189. The van der Waals surface area contributed by atoms with Gasteiger partial charge in [0.1, 0.15) is 5.76 Å². The zero-order valence-electron chi connectivity index (χ0n) is 15.5. The van der Waals surface area contributed by atoms with E-state index in [1.54, 1.807) is 30.3 Å². The van der Waals surface area contributed by atoms with Crippen LogP contribution >= 0.6 is 31.9 Å². The van der Waals surface area contributed by atoms with Crippen molar-refractivity contribution >= 4 is 49.8 Å². The van der Waals surface area contributed by atoms with E-state index in [9.17, 15) is 20.1 Å². The van der Waals surface area contributed by atoms with Crippen LogP contribution in [0.1, 0.15) is 11.1 Å². The lowest BCUT2D eigenvalue weighted by molar-refractivity contribution is -0.110. The van der Waals surface area contributed by atoms with Crippen LogP contribution in [0.15, 0.2) is 57.2 Å². The average molecular weight is 526 g/mol. The Labute approximate surface area is 184 Å². The summed E-state index contributed by atoms with van der Waals surface area (Å²) in [4.78, 5) is 12.0. The number of phenols is 2. The summed E-state index contributed by atoms with van der Waals surface area (Å²) in [6.07, 6.45) is 6.79. The highest BCUT2D eigenvalue weighted by Crippen LogP contribution is 2.36. The summed E-state index contributed by atoms with van der Waals surface area (Å²) >= 11 is 6.42. The van der Waals surface area contributed by atoms with E-state index in [2.05, 4.69) is 31.9 Å². The second kappa shape index (κ2) is 10.2. The fourth-order valence-corrected chi connectivity index (χ4v) is 3.21. The van der Waals surface area contributed by atoms with Crippen LogP contribution in [0.25, 0.3) is 12.2 Å². The van der Waals surface area contributed by atoms with Gasteiger partial charge < -0.3 is 24.8 Å². The minimum atomic E-state index is -0.431. The van der Waals surface area contributed by atoms with Crippen LogP contribution < -0.4 is 9.47 Å². The minimum absolute atomic E-state index is 0.0257. The van der Waals surface area contributed by atoms with Crippen molar-refractivity contribution in [2.24, 2.45) is 0 Å². The third-order valence-electron chi connectivity index (χ3n) is 3.72. The van der Waals surface area contributed by atoms with Crippen molar-refractivity contribution in [3.8, 4) is 23.0 Å². The number of hydrogen-bond acceptors (Lipinski definition) is 6. The lowest BCUT2D eigenvalue weighted by Crippen LogP contribution is -1.90. The lowest BCUT2D eigenvalue weighted by atomic mass is 10.1. The molecule has 8 heteroatoms. The van der Waals surface area contributed by atoms with E-state index >= 15 is 0 Å². The van der Waals surface area contributed by atoms with E-state index in [1.165, 1.54) is 32.4 Å². The fraction of sp³-hybridized carbons (Fsp3) is 0.0952. The van der Waals surface area contributed by atoms with E-state index in [1.807, 2.05) is 0 Å². The molecule has 2 aromatic carbocycles. The summed E-state index contributed by atoms with van der Waals surface area (Å²) in [7, 11) is 2.86. The van der Waals surface area contributed by atoms with Gasteiger partial charge in [0.25, 0.3) is 0 Å². The molecule has 2 rings (SSSR count). The summed E-state index contributed by atoms with van der Waals surface area (Å²) in [5.41, 5.74) is 1.28. The number of phenolic OH excluding ortho intramolecular Hbond substituents is 2. The molecule has 0 aliphatic heterocycles. The van der Waals surface area contributed by atoms with Crippen LogP contribution in [0, 0.1) is 0 Å². The molecule has 152 valence electrons. The number of aliphatic hydroxyl groups is 1. The number of methoxy groups -OCH3 is 2. The van der Waals surface area contributed by atoms with Crippen LogP contribution in [0.5, 0.6) is 23.0 Å². The molecule has 0 heterocycles. The maximum Gasteiger partial charge on any atom is 0.182 e. The van der Waals surface area contributed by atoms with Gasteiger partial charge in [-0.2, -0.15) is 0 Å². The Balaban J connectivity index is 2.13. The number of carbonyl (C=O) groups excluding carboxylic acids is 1. The molecule has 29 heavy (non-hydrogen) atoms. The molecule has 0 radical (unpaired) electrons. The molecule has 6 nitrogen and oxygen atoms in total. The Hall–Kier alpha value is -2.71. The van der Waals surface area contributed by atoms with Gasteiger partial charge in [-0.1, -0.05) is 12.2 Å². The molecule has 0 saturated heterocycles. The zero-order valence-corrected chi connectivity index (χ0v) is 18.7. The zero-order chi connectivity index (χ0) is 21.6. The Bertz CT molecular complexity index is 1010. The smallest absolute Gasteiger partial charge is 0.182 e. The van der Waals surface area contributed by atoms with Crippen molar-refractivity contribution in [2.75, 3.05) is 14.2 Å². The number of ketones is 1. The number of benzene rings is 2. The molecule has 2 aromatic rings. The monoisotopic (exact) mass is 524 g/mol. The first-order valence-electron chi connectivity index (χ1n) is 8.19. The normalized spacial score (nSPS) is 11.9. The van der Waals surface area contributed by atoms with Crippen LogP contribution in [-0.4, -0.2) is 35.3 Å². The van der Waals surface area contributed by atoms with Crippen LogP contribution in [0.4, 0.5) is 0 Å². The number of aromatic hydroxyl groups is 2. The van der Waals surface area contributed by atoms with Gasteiger partial charge in [-0.05, 0) is 79.4 Å². The number of halogens is 2. The third-order valence-corrected chi connectivity index (χ3v) is 4.93. The fourth-order valence-electron chi connectivity index (χ4n) is 2.29. The van der Waals surface area contributed by atoms with Gasteiger partial charge in [0, 0.05) is 6.08 Å². The minimum Gasteiger partial charge on any atom is -0.508 e. The Morgan fingerprint density at radius 1 is 0.862 bits per heavy atom. The third kappa shape index (κ3) is 6.13. The predicted octanol–water partition coefficient (Wildman–Crippen LogP) is 5.38. The average Bonchev–Trinajstić information content (AvgIpc) is 2.69. The highest BCUT2D eigenvalue weighted by molar-refractivity contribution is 9.10. The first-order chi connectivity index (χ1) is 13.7. The Morgan fingerprint density at radius 2 is 1.31 bits per heavy atom. The quantitative estimate of drug-likeness (QED) is 0.255. The van der Waals surface area contributed by atoms with E-state index in [4.69, 9.17) is 9.47 Å². The van der Waals surface area contributed by atoms with Crippen LogP contribution in [0.3, 0.4) is 0 Å². The summed E-state index contributed by atoms with van der Waals surface area (Å²) < 4.78 is 11.0. The first kappa shape index (κ1) is 22.6. The number of carbonyl (C=O) groups is 1. The number of allylic oxidation sites excluding steroid dienone is 3. The number of rotatable bonds is 7. The number of ether oxygens (including phenoxy) is 2. The van der Waals surface area contributed by atoms with Crippen molar-refractivity contribution in [1.82, 2.24) is 0 Å². The molecule has 0 spiro atoms. The van der Waals surface area contributed by atoms with Crippen LogP contribution in [-0.2, 0) is 4.79 Å². The molecular formula is C21H18Br2O6. The van der Waals surface area contributed by atoms with E-state index in [0.717, 1.165) is 6.08 Å². The van der Waals surface area contributed by atoms with E-state index in [-0.39, 0.29) is 28.8 Å². The topological polar surface area (TPSA) is 96.2 Å². The largest absolute Gasteiger partial charge is 0.508 e. The van der Waals surface area contributed by atoms with Crippen molar-refractivity contribution in [3.05, 3.63) is 68.3 Å². The maximum atomic E-state index is 12.0. The Morgan fingerprint density at radius 3 is 1.76 bits per heavy atom. The van der Waals surface area contributed by atoms with Gasteiger partial charge in [0.05, 0.1) is 23.2 Å². The van der Waals surface area contributed by atoms with E-state index in [0.29, 0.717) is 20.1 Å². The van der Waals surface area contributed by atoms with E-state index < -0.39 is 5.78 Å². The molecule has 0 aromatic heterocycles. The molecule has 0 saturated carbocycles. The maximum absolute atomic E-state index is 12.0. The SMILES string of the molecule is COc1cc(/C=C/C(=O)C=C(O)/C=C/c2cc(Br)c(O)c(OC)c2)cc(Br)c1O. The molecule has 0 amide bonds. The van der Waals surface area contributed by atoms with Gasteiger partial charge in [0.15, 0.2) is 28.8 Å². The van der Waals surface area contributed by atoms with Crippen molar-refractivity contribution in [1.29, 1.82) is 0 Å². The van der Waals surface area contributed by atoms with Gasteiger partial charge in [0.2, 0.25) is 0 Å². The Kier molecular flexibility index (Phi) is 7.92. The molecule has 3 N–H and O–H groups in total. The molecule has 0 bridgehead atoms. The molecule has 0 fully saturated rings. The van der Waals surface area contributed by atoms with Crippen LogP contribution in [0.2, 0.25) is 0 Å². The summed E-state index contributed by atoms with van der Waals surface area (Å²) in [6, 6.07) is 6.42. The molecule has 0 aliphatic rings. The van der Waals surface area contributed by atoms with Gasteiger partial charge >= 0.3 is 0 Å². The second-order valence-corrected chi connectivity index (χ2v) is 7.45. The summed E-state index contributed by atoms with van der Waals surface area (Å²) in [6.45, 7) is 0. The molecule has 0 unspecified atom stereocenters. The van der Waals surface area contributed by atoms with Gasteiger partial charge in [-0.15, -0.1) is 0 Å². The summed E-state index contributed by atoms with van der Waals surface area (Å²) in [5, 5.41) is 29.6. The molecule has 0 atom stereocenters. The van der Waals surface area contributed by atoms with Crippen molar-refractivity contribution < 1.29 is 29.6 Å². The van der Waals surface area contributed by atoms with Crippen molar-refractivity contribution in [2.45, 2.75) is 0 Å². The second-order valence-electron chi connectivity index (χ2n) is 5.75. The number of hydrogen-bond donors (Lipinski definition) is 3. The highest BCUT2D eigenvalue weighted by Gasteiger charge is 2.08. The van der Waals surface area contributed by atoms with Crippen molar-refractivity contribution in [3.63, 3.8) is 0 Å². The van der Waals surface area contributed by atoms with Gasteiger partial charge in [-0.25, -0.2) is 0 Å². The lowest BCUT2D eigenvalue weighted by Gasteiger charge is -2.06. The molecular weight excluding hydrogens is 508 g/mol. The molecule has 0 aliphatic carbocycles.